The summed E-state index contributed by atoms with van der Waals surface area (Å²) in [7, 11) is 0. The Morgan fingerprint density at radius 1 is 1.03 bits per heavy atom. The molecule has 0 bridgehead atoms. The van der Waals surface area contributed by atoms with Crippen LogP contribution in [0.25, 0.3) is 22.2 Å². The second kappa shape index (κ2) is 10.5. The zero-order valence-corrected chi connectivity index (χ0v) is 21.5. The van der Waals surface area contributed by atoms with E-state index in [9.17, 15) is 14.7 Å². The number of likely N-dealkylation sites (N-methyl/N-ethyl adjacent to an activating group) is 1. The van der Waals surface area contributed by atoms with Crippen molar-refractivity contribution >= 4 is 22.8 Å². The predicted octanol–water partition coefficient (Wildman–Crippen LogP) is 5.74. The van der Waals surface area contributed by atoms with Crippen LogP contribution in [0.2, 0.25) is 0 Å². The SMILES string of the molecule is CCN(CC)CCN1Cc2ccccc2-c2c(C3CCCCC3)c3ccc(C(=O)O)cc3n2CC1=O. The van der Waals surface area contributed by atoms with Crippen LogP contribution in [0.15, 0.2) is 42.5 Å². The van der Waals surface area contributed by atoms with Gasteiger partial charge >= 0.3 is 5.97 Å². The molecule has 1 aliphatic heterocycles. The number of nitrogens with zero attached hydrogens (tertiary/aromatic N) is 3. The quantitative estimate of drug-likeness (QED) is 0.462. The van der Waals surface area contributed by atoms with Crippen LogP contribution in [-0.4, -0.2) is 57.5 Å². The fraction of sp³-hybridized carbons (Fsp3) is 0.467. The minimum Gasteiger partial charge on any atom is -0.478 e. The summed E-state index contributed by atoms with van der Waals surface area (Å²) in [6.45, 7) is 8.58. The third kappa shape index (κ3) is 4.55. The van der Waals surface area contributed by atoms with Gasteiger partial charge in [0, 0.05) is 30.6 Å². The molecule has 3 aromatic rings. The van der Waals surface area contributed by atoms with E-state index in [4.69, 9.17) is 0 Å². The van der Waals surface area contributed by atoms with E-state index in [1.165, 1.54) is 30.4 Å². The predicted molar refractivity (Wildman–Crippen MR) is 143 cm³/mol. The Balaban J connectivity index is 1.69. The molecule has 2 heterocycles. The van der Waals surface area contributed by atoms with Crippen molar-refractivity contribution in [1.29, 1.82) is 0 Å². The normalized spacial score (nSPS) is 16.6. The number of carbonyl (C=O) groups is 2. The van der Waals surface area contributed by atoms with E-state index in [0.717, 1.165) is 54.6 Å². The third-order valence-corrected chi connectivity index (χ3v) is 8.22. The molecule has 0 radical (unpaired) electrons. The van der Waals surface area contributed by atoms with Gasteiger partial charge in [-0.1, -0.05) is 63.4 Å². The van der Waals surface area contributed by atoms with E-state index >= 15 is 0 Å². The maximum Gasteiger partial charge on any atom is 0.335 e. The fourth-order valence-corrected chi connectivity index (χ4v) is 6.19. The summed E-state index contributed by atoms with van der Waals surface area (Å²) in [4.78, 5) is 29.9. The van der Waals surface area contributed by atoms with Crippen LogP contribution in [0.5, 0.6) is 0 Å². The molecule has 6 nitrogen and oxygen atoms in total. The highest BCUT2D eigenvalue weighted by atomic mass is 16.4. The highest BCUT2D eigenvalue weighted by Crippen LogP contribution is 2.45. The summed E-state index contributed by atoms with van der Waals surface area (Å²) in [5.41, 5.74) is 5.87. The second-order valence-electron chi connectivity index (χ2n) is 10.2. The number of amides is 1. The van der Waals surface area contributed by atoms with Crippen molar-refractivity contribution in [3.05, 3.63) is 59.2 Å². The Morgan fingerprint density at radius 2 is 1.78 bits per heavy atom. The number of carboxylic acids is 1. The van der Waals surface area contributed by atoms with Crippen molar-refractivity contribution in [2.45, 2.75) is 65.0 Å². The lowest BCUT2D eigenvalue weighted by atomic mass is 9.81. The van der Waals surface area contributed by atoms with E-state index in [-0.39, 0.29) is 18.0 Å². The molecule has 190 valence electrons. The van der Waals surface area contributed by atoms with Crippen molar-refractivity contribution in [2.24, 2.45) is 0 Å². The minimum absolute atomic E-state index is 0.0886. The van der Waals surface area contributed by atoms with Crippen molar-refractivity contribution in [1.82, 2.24) is 14.4 Å². The Bertz CT molecular complexity index is 1270. The van der Waals surface area contributed by atoms with Gasteiger partial charge in [-0.05, 0) is 55.1 Å². The van der Waals surface area contributed by atoms with Crippen molar-refractivity contribution in [2.75, 3.05) is 26.2 Å². The molecule has 0 saturated heterocycles. The average molecular weight is 488 g/mol. The number of carbonyl (C=O) groups excluding carboxylic acids is 1. The van der Waals surface area contributed by atoms with Gasteiger partial charge in [0.25, 0.3) is 0 Å². The van der Waals surface area contributed by atoms with Crippen LogP contribution in [0.1, 0.15) is 73.4 Å². The van der Waals surface area contributed by atoms with Gasteiger partial charge in [-0.2, -0.15) is 0 Å². The highest BCUT2D eigenvalue weighted by molar-refractivity contribution is 5.99. The molecule has 2 aliphatic rings. The maximum absolute atomic E-state index is 13.7. The van der Waals surface area contributed by atoms with Crippen molar-refractivity contribution < 1.29 is 14.7 Å². The topological polar surface area (TPSA) is 65.8 Å². The van der Waals surface area contributed by atoms with Gasteiger partial charge in [0.1, 0.15) is 6.54 Å². The molecule has 1 saturated carbocycles. The van der Waals surface area contributed by atoms with Crippen LogP contribution in [0.3, 0.4) is 0 Å². The number of aromatic nitrogens is 1. The molecule has 1 amide bonds. The lowest BCUT2D eigenvalue weighted by Gasteiger charge is -2.31. The fourth-order valence-electron chi connectivity index (χ4n) is 6.19. The highest BCUT2D eigenvalue weighted by Gasteiger charge is 2.31. The Kier molecular flexibility index (Phi) is 7.15. The van der Waals surface area contributed by atoms with Gasteiger partial charge in [-0.3, -0.25) is 4.79 Å². The van der Waals surface area contributed by atoms with E-state index < -0.39 is 5.97 Å². The number of fused-ring (bicyclic) bond motifs is 5. The van der Waals surface area contributed by atoms with Gasteiger partial charge in [0.2, 0.25) is 5.91 Å². The number of carboxylic acid groups (broad SMARTS) is 1. The van der Waals surface area contributed by atoms with Crippen molar-refractivity contribution in [3.63, 3.8) is 0 Å². The zero-order valence-electron chi connectivity index (χ0n) is 21.5. The summed E-state index contributed by atoms with van der Waals surface area (Å²) in [5, 5.41) is 10.8. The molecule has 0 unspecified atom stereocenters. The lowest BCUT2D eigenvalue weighted by Crippen LogP contribution is -2.40. The molecule has 1 fully saturated rings. The van der Waals surface area contributed by atoms with Crippen LogP contribution in [0.4, 0.5) is 0 Å². The van der Waals surface area contributed by atoms with E-state index in [0.29, 0.717) is 19.0 Å². The molecular formula is C30H37N3O3. The smallest absolute Gasteiger partial charge is 0.335 e. The molecule has 0 spiro atoms. The first kappa shape index (κ1) is 24.6. The lowest BCUT2D eigenvalue weighted by molar-refractivity contribution is -0.132. The average Bonchev–Trinajstić information content (AvgIpc) is 3.21. The first-order valence-corrected chi connectivity index (χ1v) is 13.5. The monoisotopic (exact) mass is 487 g/mol. The number of hydrogen-bond acceptors (Lipinski definition) is 3. The summed E-state index contributed by atoms with van der Waals surface area (Å²) in [6.07, 6.45) is 5.97. The van der Waals surface area contributed by atoms with Gasteiger partial charge < -0.3 is 19.5 Å². The van der Waals surface area contributed by atoms with E-state index in [1.54, 1.807) is 12.1 Å². The third-order valence-electron chi connectivity index (χ3n) is 8.22. The summed E-state index contributed by atoms with van der Waals surface area (Å²) < 4.78 is 2.12. The number of hydrogen-bond donors (Lipinski definition) is 1. The summed E-state index contributed by atoms with van der Waals surface area (Å²) >= 11 is 0. The van der Waals surface area contributed by atoms with Gasteiger partial charge in [0.15, 0.2) is 0 Å². The number of rotatable bonds is 7. The molecule has 5 rings (SSSR count). The molecule has 0 atom stereocenters. The second-order valence-corrected chi connectivity index (χ2v) is 10.2. The van der Waals surface area contributed by atoms with E-state index in [2.05, 4.69) is 47.6 Å². The first-order chi connectivity index (χ1) is 17.5. The standard InChI is InChI=1S/C30H37N3O3/c1-3-31(4-2)16-17-32-19-23-12-8-9-13-24(23)29-28(21-10-6-5-7-11-21)25-15-14-22(30(35)36)18-26(25)33(29)20-27(32)34/h8-9,12-15,18,21H,3-7,10-11,16-17,19-20H2,1-2H3,(H,35,36). The molecule has 1 aliphatic carbocycles. The Labute approximate surface area is 213 Å². The molecule has 1 N–H and O–H groups in total. The molecule has 6 heteroatoms. The van der Waals surface area contributed by atoms with Gasteiger partial charge in [0.05, 0.1) is 16.8 Å². The largest absolute Gasteiger partial charge is 0.478 e. The minimum atomic E-state index is -0.940. The van der Waals surface area contributed by atoms with Crippen molar-refractivity contribution in [3.8, 4) is 11.3 Å². The number of aromatic carboxylic acids is 1. The molecule has 36 heavy (non-hydrogen) atoms. The molecule has 2 aromatic carbocycles. The zero-order chi connectivity index (χ0) is 25.2. The van der Waals surface area contributed by atoms with E-state index in [1.807, 2.05) is 11.0 Å². The Morgan fingerprint density at radius 3 is 2.50 bits per heavy atom. The first-order valence-electron chi connectivity index (χ1n) is 13.5. The summed E-state index contributed by atoms with van der Waals surface area (Å²) in [5.74, 6) is -0.426. The van der Waals surface area contributed by atoms with Gasteiger partial charge in [-0.15, -0.1) is 0 Å². The van der Waals surface area contributed by atoms with Crippen LogP contribution < -0.4 is 0 Å². The maximum atomic E-state index is 13.7. The van der Waals surface area contributed by atoms with Crippen LogP contribution >= 0.6 is 0 Å². The van der Waals surface area contributed by atoms with Gasteiger partial charge in [-0.25, -0.2) is 4.79 Å². The van der Waals surface area contributed by atoms with Crippen LogP contribution in [-0.2, 0) is 17.9 Å². The summed E-state index contributed by atoms with van der Waals surface area (Å²) in [6, 6.07) is 13.9. The molecule has 1 aromatic heterocycles. The number of benzene rings is 2. The van der Waals surface area contributed by atoms with Crippen LogP contribution in [0, 0.1) is 0 Å². The molecular weight excluding hydrogens is 450 g/mol. The Hall–Kier alpha value is -3.12.